The Morgan fingerprint density at radius 3 is 2.88 bits per heavy atom. The minimum Gasteiger partial charge on any atom is -0.370 e. The number of imidazole rings is 1. The van der Waals surface area contributed by atoms with Crippen molar-refractivity contribution in [3.63, 3.8) is 0 Å². The van der Waals surface area contributed by atoms with Gasteiger partial charge >= 0.3 is 0 Å². The average molecular weight is 217 g/mol. The van der Waals surface area contributed by atoms with Crippen LogP contribution in [0, 0.1) is 0 Å². The van der Waals surface area contributed by atoms with Gasteiger partial charge in [-0.1, -0.05) is 0 Å². The Kier molecular flexibility index (Phi) is 3.14. The zero-order valence-corrected chi connectivity index (χ0v) is 9.51. The van der Waals surface area contributed by atoms with Crippen LogP contribution < -0.4 is 5.32 Å². The van der Waals surface area contributed by atoms with Crippen LogP contribution in [-0.2, 0) is 13.5 Å². The Labute approximate surface area is 94.6 Å². The molecule has 1 N–H and O–H groups in total. The molecule has 0 aromatic carbocycles. The van der Waals surface area contributed by atoms with Crippen LogP contribution in [0.1, 0.15) is 18.4 Å². The third kappa shape index (κ3) is 2.36. The smallest absolute Gasteiger partial charge is 0.129 e. The SMILES string of the molecule is CCNc1cc(Cc2nccn2C)ncn1. The van der Waals surface area contributed by atoms with E-state index in [0.29, 0.717) is 0 Å². The van der Waals surface area contributed by atoms with Gasteiger partial charge in [-0.3, -0.25) is 0 Å². The fourth-order valence-corrected chi connectivity index (χ4v) is 1.50. The van der Waals surface area contributed by atoms with Crippen molar-refractivity contribution >= 4 is 5.82 Å². The normalized spacial score (nSPS) is 10.4. The van der Waals surface area contributed by atoms with Crippen molar-refractivity contribution < 1.29 is 0 Å². The molecular formula is C11H15N5. The number of aryl methyl sites for hydroxylation is 1. The van der Waals surface area contributed by atoms with Gasteiger partial charge in [0.25, 0.3) is 0 Å². The van der Waals surface area contributed by atoms with E-state index in [0.717, 1.165) is 30.3 Å². The van der Waals surface area contributed by atoms with Crippen molar-refractivity contribution in [2.75, 3.05) is 11.9 Å². The highest BCUT2D eigenvalue weighted by molar-refractivity contribution is 5.35. The number of nitrogens with one attached hydrogen (secondary N) is 1. The van der Waals surface area contributed by atoms with Gasteiger partial charge in [-0.2, -0.15) is 0 Å². The minimum absolute atomic E-state index is 0.727. The van der Waals surface area contributed by atoms with Gasteiger partial charge in [0.1, 0.15) is 18.0 Å². The zero-order valence-electron chi connectivity index (χ0n) is 9.51. The Morgan fingerprint density at radius 1 is 1.31 bits per heavy atom. The maximum Gasteiger partial charge on any atom is 0.129 e. The summed E-state index contributed by atoms with van der Waals surface area (Å²) in [6, 6.07) is 1.96. The number of rotatable bonds is 4. The highest BCUT2D eigenvalue weighted by atomic mass is 15.0. The standard InChI is InChI=1S/C11H15N5/c1-3-12-10-6-9(14-8-15-10)7-11-13-4-5-16(11)2/h4-6,8H,3,7H2,1-2H3,(H,12,14,15). The molecule has 2 heterocycles. The fraction of sp³-hybridized carbons (Fsp3) is 0.364. The monoisotopic (exact) mass is 217 g/mol. The van der Waals surface area contributed by atoms with Gasteiger partial charge in [-0.05, 0) is 6.92 Å². The molecule has 5 nitrogen and oxygen atoms in total. The van der Waals surface area contributed by atoms with Crippen LogP contribution >= 0.6 is 0 Å². The largest absolute Gasteiger partial charge is 0.370 e. The molecule has 84 valence electrons. The summed E-state index contributed by atoms with van der Waals surface area (Å²) < 4.78 is 2.00. The van der Waals surface area contributed by atoms with Crippen molar-refractivity contribution in [3.8, 4) is 0 Å². The van der Waals surface area contributed by atoms with E-state index >= 15 is 0 Å². The number of hydrogen-bond acceptors (Lipinski definition) is 4. The van der Waals surface area contributed by atoms with Crippen LogP contribution in [0.2, 0.25) is 0 Å². The van der Waals surface area contributed by atoms with Gasteiger partial charge in [0.15, 0.2) is 0 Å². The van der Waals surface area contributed by atoms with Gasteiger partial charge in [-0.25, -0.2) is 15.0 Å². The van der Waals surface area contributed by atoms with E-state index in [9.17, 15) is 0 Å². The summed E-state index contributed by atoms with van der Waals surface area (Å²) in [5.74, 6) is 1.86. The molecule has 0 aliphatic rings. The van der Waals surface area contributed by atoms with Gasteiger partial charge in [0.2, 0.25) is 0 Å². The van der Waals surface area contributed by atoms with Crippen molar-refractivity contribution in [1.82, 2.24) is 19.5 Å². The summed E-state index contributed by atoms with van der Waals surface area (Å²) >= 11 is 0. The Hall–Kier alpha value is -1.91. The lowest BCUT2D eigenvalue weighted by atomic mass is 10.3. The summed E-state index contributed by atoms with van der Waals surface area (Å²) in [4.78, 5) is 12.6. The molecule has 0 aliphatic carbocycles. The second-order valence-electron chi connectivity index (χ2n) is 3.56. The molecule has 0 spiro atoms. The maximum atomic E-state index is 4.27. The first-order chi connectivity index (χ1) is 7.79. The second kappa shape index (κ2) is 4.74. The van der Waals surface area contributed by atoms with Gasteiger partial charge < -0.3 is 9.88 Å². The molecule has 0 amide bonds. The topological polar surface area (TPSA) is 55.6 Å². The molecule has 2 rings (SSSR count). The zero-order chi connectivity index (χ0) is 11.4. The third-order valence-corrected chi connectivity index (χ3v) is 2.34. The molecule has 2 aromatic rings. The number of aromatic nitrogens is 4. The molecule has 0 bridgehead atoms. The van der Waals surface area contributed by atoms with E-state index in [4.69, 9.17) is 0 Å². The number of hydrogen-bond donors (Lipinski definition) is 1. The maximum absolute atomic E-state index is 4.27. The summed E-state index contributed by atoms with van der Waals surface area (Å²) in [7, 11) is 1.98. The third-order valence-electron chi connectivity index (χ3n) is 2.34. The van der Waals surface area contributed by atoms with E-state index in [1.165, 1.54) is 0 Å². The van der Waals surface area contributed by atoms with Gasteiger partial charge in [-0.15, -0.1) is 0 Å². The lowest BCUT2D eigenvalue weighted by Crippen LogP contribution is -2.04. The number of nitrogens with zero attached hydrogens (tertiary/aromatic N) is 4. The van der Waals surface area contributed by atoms with Gasteiger partial charge in [0.05, 0.1) is 5.69 Å². The van der Waals surface area contributed by atoms with Crippen LogP contribution in [0.3, 0.4) is 0 Å². The molecular weight excluding hydrogens is 202 g/mol. The van der Waals surface area contributed by atoms with Crippen LogP contribution in [0.15, 0.2) is 24.8 Å². The Balaban J connectivity index is 2.15. The second-order valence-corrected chi connectivity index (χ2v) is 3.56. The summed E-state index contributed by atoms with van der Waals surface area (Å²) in [5, 5.41) is 3.16. The molecule has 16 heavy (non-hydrogen) atoms. The lowest BCUT2D eigenvalue weighted by molar-refractivity contribution is 0.809. The van der Waals surface area contributed by atoms with Crippen molar-refractivity contribution in [2.24, 2.45) is 7.05 Å². The Bertz CT molecular complexity index is 463. The molecule has 2 aromatic heterocycles. The quantitative estimate of drug-likeness (QED) is 0.837. The molecule has 0 unspecified atom stereocenters. The highest BCUT2D eigenvalue weighted by Gasteiger charge is 2.03. The van der Waals surface area contributed by atoms with E-state index in [-0.39, 0.29) is 0 Å². The summed E-state index contributed by atoms with van der Waals surface area (Å²) in [5.41, 5.74) is 0.972. The predicted octanol–water partition coefficient (Wildman–Crippen LogP) is 1.23. The van der Waals surface area contributed by atoms with Crippen LogP contribution in [0.4, 0.5) is 5.82 Å². The van der Waals surface area contributed by atoms with E-state index in [2.05, 4.69) is 20.3 Å². The van der Waals surface area contributed by atoms with Crippen LogP contribution in [0.5, 0.6) is 0 Å². The van der Waals surface area contributed by atoms with Crippen LogP contribution in [-0.4, -0.2) is 26.1 Å². The first-order valence-corrected chi connectivity index (χ1v) is 5.30. The van der Waals surface area contributed by atoms with Crippen molar-refractivity contribution in [2.45, 2.75) is 13.3 Å². The average Bonchev–Trinajstić information content (AvgIpc) is 2.66. The molecule has 0 radical (unpaired) electrons. The van der Waals surface area contributed by atoms with E-state index in [1.54, 1.807) is 12.5 Å². The first-order valence-electron chi connectivity index (χ1n) is 5.30. The molecule has 0 saturated carbocycles. The predicted molar refractivity (Wildman–Crippen MR) is 62.2 cm³/mol. The van der Waals surface area contributed by atoms with Crippen LogP contribution in [0.25, 0.3) is 0 Å². The summed E-state index contributed by atoms with van der Waals surface area (Å²) in [6.07, 6.45) is 6.03. The van der Waals surface area contributed by atoms with E-state index in [1.807, 2.05) is 30.8 Å². The van der Waals surface area contributed by atoms with E-state index < -0.39 is 0 Å². The lowest BCUT2D eigenvalue weighted by Gasteiger charge is -2.04. The summed E-state index contributed by atoms with van der Waals surface area (Å²) in [6.45, 7) is 2.90. The molecule has 5 heteroatoms. The molecule has 0 saturated heterocycles. The minimum atomic E-state index is 0.727. The first kappa shape index (κ1) is 10.6. The van der Waals surface area contributed by atoms with Crippen molar-refractivity contribution in [1.29, 1.82) is 0 Å². The number of anilines is 1. The highest BCUT2D eigenvalue weighted by Crippen LogP contribution is 2.08. The Morgan fingerprint density at radius 2 is 2.19 bits per heavy atom. The van der Waals surface area contributed by atoms with Crippen molar-refractivity contribution in [3.05, 3.63) is 36.3 Å². The molecule has 0 fully saturated rings. The fourth-order valence-electron chi connectivity index (χ4n) is 1.50. The molecule has 0 atom stereocenters. The van der Waals surface area contributed by atoms with Gasteiger partial charge in [0, 0.05) is 38.5 Å². The molecule has 0 aliphatic heterocycles.